The number of methoxy groups -OCH3 is 4. The lowest BCUT2D eigenvalue weighted by atomic mass is 10.0. The minimum atomic E-state index is 0.0247. The molecule has 20 heteroatoms. The largest absolute Gasteiger partial charge is 0.383 e. The zero-order chi connectivity index (χ0) is 86.2. The van der Waals surface area contributed by atoms with Crippen LogP contribution in [0.1, 0.15) is 113 Å². The van der Waals surface area contributed by atoms with Crippen molar-refractivity contribution < 1.29 is 18.9 Å². The van der Waals surface area contributed by atoms with Crippen molar-refractivity contribution >= 4 is 65.7 Å². The van der Waals surface area contributed by atoms with Gasteiger partial charge in [-0.05, 0) is 204 Å². The van der Waals surface area contributed by atoms with E-state index < -0.39 is 0 Å². The van der Waals surface area contributed by atoms with Crippen molar-refractivity contribution in [3.05, 3.63) is 384 Å². The highest BCUT2D eigenvalue weighted by Crippen LogP contribution is 2.30. The predicted octanol–water partition coefficient (Wildman–Crippen LogP) is 19.5. The fraction of sp³-hybridized carbons (Fsp3) is 0.272. The molecule has 0 amide bonds. The molecule has 7 aromatic heterocycles. The number of rotatable bonds is 28. The van der Waals surface area contributed by atoms with Crippen LogP contribution in [0.25, 0.3) is 54.4 Å². The summed E-state index contributed by atoms with van der Waals surface area (Å²) in [6.07, 6.45) is 5.14. The Kier molecular flexibility index (Phi) is 28.4. The minimum Gasteiger partial charge on any atom is -0.383 e. The van der Waals surface area contributed by atoms with Crippen LogP contribution in [0.15, 0.2) is 273 Å². The third-order valence-electron chi connectivity index (χ3n) is 23.1. The van der Waals surface area contributed by atoms with Crippen molar-refractivity contribution in [1.29, 1.82) is 21.6 Å². The SMILES string of the molecule is COC[C@H](Cc1ccc(C)cc1)n1c(=N)n(Cc2ccc(C)c(C)c2)c2ccccc21.COC[C@H](Cc1ccc(C)cc1)n1c(=N)n(Cc2ccc(C)nc2)c2ccccc21.COC[C@H](Cc1ccc(C)cc1)n1c(=N)n(Cc2cccc(C)n2)c2ccccc21.COC[C@H](Cc1ccc(C)cc1)n1c(=N)n(Cc2nc3ccccc3s2)c2ccccc21. The summed E-state index contributed by atoms with van der Waals surface area (Å²) < 4.78 is 40.3. The lowest BCUT2D eigenvalue weighted by molar-refractivity contribution is 0.154. The number of para-hydroxylation sites is 9. The topological polar surface area (TPSA) is 210 Å². The highest BCUT2D eigenvalue weighted by molar-refractivity contribution is 7.18. The molecule has 4 atom stereocenters. The normalized spacial score (nSPS) is 12.4. The van der Waals surface area contributed by atoms with Crippen molar-refractivity contribution in [2.75, 3.05) is 54.9 Å². The van der Waals surface area contributed by atoms with Gasteiger partial charge in [-0.3, -0.25) is 31.6 Å². The van der Waals surface area contributed by atoms with Crippen LogP contribution in [0.2, 0.25) is 0 Å². The lowest BCUT2D eigenvalue weighted by Gasteiger charge is -2.19. The van der Waals surface area contributed by atoms with Crippen LogP contribution >= 0.6 is 11.3 Å². The van der Waals surface area contributed by atoms with E-state index in [-0.39, 0.29) is 24.2 Å². The van der Waals surface area contributed by atoms with Crippen LogP contribution in [0.3, 0.4) is 0 Å². The molecule has 10 aromatic carbocycles. The molecular weight excluding hydrogens is 1540 g/mol. The average molecular weight is 1660 g/mol. The molecule has 0 saturated heterocycles. The number of nitrogens with one attached hydrogen (secondary N) is 4. The maximum absolute atomic E-state index is 9.11. The smallest absolute Gasteiger partial charge is 0.203 e. The molecule has 17 aromatic rings. The third kappa shape index (κ3) is 20.6. The molecule has 123 heavy (non-hydrogen) atoms. The first kappa shape index (κ1) is 86.7. The van der Waals surface area contributed by atoms with Crippen molar-refractivity contribution in [1.82, 2.24) is 51.5 Å². The number of thiazole rings is 1. The van der Waals surface area contributed by atoms with Crippen LogP contribution in [0.4, 0.5) is 0 Å². The van der Waals surface area contributed by atoms with E-state index >= 15 is 0 Å². The zero-order valence-corrected chi connectivity index (χ0v) is 73.6. The van der Waals surface area contributed by atoms with Gasteiger partial charge in [0.2, 0.25) is 22.5 Å². The molecule has 0 bridgehead atoms. The Hall–Kier alpha value is -12.7. The van der Waals surface area contributed by atoms with E-state index in [0.717, 1.165) is 103 Å². The van der Waals surface area contributed by atoms with Gasteiger partial charge in [-0.15, -0.1) is 11.3 Å². The standard InChI is InChI=1S/C27H31N3O.C26H26N4OS.2C25H28N4O/c1-19-9-12-22(13-10-19)16-24(18-31-4)30-26-8-6-5-7-25(26)29(27(30)28)17-23-14-11-20(2)21(3)15-23;1-18-11-13-19(14-12-18)15-20(17-31-2)30-23-9-5-4-8-22(23)29(26(30)27)16-25-28-21-7-3-6-10-24(21)32-25;1-18-11-13-20(14-12-18)15-22(17-30-3)29-24-10-5-4-9-23(24)28(25(29)26)16-21-8-6-7-19(2)27-21;1-18-8-11-20(12-9-18)14-22(17-30-3)29-24-7-5-4-6-23(24)28(25(29)26)16-21-13-10-19(2)27-15-21/h5-15,24,28H,16-18H2,1-4H3;3-14,20,27H,15-17H2,1-2H3;4-14,22,26H,15-17H2,1-3H3;4-13,15,22,26H,14,16-17H2,1-3H3/t24-;20-;2*22-/m0000/s1. The molecule has 630 valence electrons. The molecular formula is C103H113N15O4S. The Morgan fingerprint density at radius 2 is 0.634 bits per heavy atom. The molecule has 0 aliphatic rings. The van der Waals surface area contributed by atoms with Gasteiger partial charge in [-0.1, -0.05) is 210 Å². The van der Waals surface area contributed by atoms with Crippen LogP contribution in [0, 0.1) is 77.0 Å². The maximum Gasteiger partial charge on any atom is 0.203 e. The number of hydrogen-bond donors (Lipinski definition) is 4. The van der Waals surface area contributed by atoms with Gasteiger partial charge in [0.15, 0.2) is 0 Å². The summed E-state index contributed by atoms with van der Waals surface area (Å²) in [5.41, 5.74) is 29.2. The molecule has 0 radical (unpaired) electrons. The third-order valence-corrected chi connectivity index (χ3v) is 24.1. The Labute approximate surface area is 724 Å². The van der Waals surface area contributed by atoms with Crippen LogP contribution in [-0.2, 0) is 70.8 Å². The molecule has 0 aliphatic heterocycles. The summed E-state index contributed by atoms with van der Waals surface area (Å²) in [7, 11) is 6.92. The van der Waals surface area contributed by atoms with Gasteiger partial charge in [-0.25, -0.2) is 4.98 Å². The molecule has 19 nitrogen and oxygen atoms in total. The average Bonchev–Trinajstić information content (AvgIpc) is 1.60. The monoisotopic (exact) mass is 1660 g/mol. The summed E-state index contributed by atoms with van der Waals surface area (Å²) in [4.78, 5) is 13.9. The quantitative estimate of drug-likeness (QED) is 0.0372. The molecule has 0 aliphatic carbocycles. The number of nitrogens with zero attached hydrogens (tertiary/aromatic N) is 11. The molecule has 0 saturated carbocycles. The van der Waals surface area contributed by atoms with Gasteiger partial charge in [0.1, 0.15) is 5.01 Å². The number of hydrogen-bond acceptors (Lipinski definition) is 12. The Morgan fingerprint density at radius 1 is 0.301 bits per heavy atom. The zero-order valence-electron chi connectivity index (χ0n) is 72.7. The molecule has 7 heterocycles. The first-order chi connectivity index (χ1) is 59.7. The van der Waals surface area contributed by atoms with Gasteiger partial charge in [0.05, 0.1) is 137 Å². The summed E-state index contributed by atoms with van der Waals surface area (Å²) in [6, 6.07) is 92.6. The van der Waals surface area contributed by atoms with E-state index in [1.54, 1.807) is 39.8 Å². The van der Waals surface area contributed by atoms with Crippen molar-refractivity contribution in [3.8, 4) is 0 Å². The van der Waals surface area contributed by atoms with E-state index in [4.69, 9.17) is 45.6 Å². The van der Waals surface area contributed by atoms with Gasteiger partial charge in [-0.2, -0.15) is 0 Å². The molecule has 0 unspecified atom stereocenters. The summed E-state index contributed by atoms with van der Waals surface area (Å²) in [5.74, 6) is 0. The highest BCUT2D eigenvalue weighted by atomic mass is 32.1. The second-order valence-corrected chi connectivity index (χ2v) is 33.5. The number of ether oxygens (including phenoxy) is 4. The van der Waals surface area contributed by atoms with Crippen molar-refractivity contribution in [2.45, 2.75) is 131 Å². The first-order valence-electron chi connectivity index (χ1n) is 42.1. The number of pyridine rings is 2. The van der Waals surface area contributed by atoms with Gasteiger partial charge in [0, 0.05) is 46.0 Å². The number of aromatic nitrogens is 11. The molecule has 0 fully saturated rings. The van der Waals surface area contributed by atoms with E-state index in [0.29, 0.717) is 75.1 Å². The summed E-state index contributed by atoms with van der Waals surface area (Å²) in [5, 5.41) is 37.3. The van der Waals surface area contributed by atoms with Gasteiger partial charge >= 0.3 is 0 Å². The van der Waals surface area contributed by atoms with E-state index in [9.17, 15) is 0 Å². The van der Waals surface area contributed by atoms with Crippen LogP contribution in [-0.4, -0.2) is 106 Å². The van der Waals surface area contributed by atoms with Crippen LogP contribution < -0.4 is 22.5 Å². The van der Waals surface area contributed by atoms with Crippen molar-refractivity contribution in [3.63, 3.8) is 0 Å². The molecule has 0 spiro atoms. The molecule has 17 rings (SSSR count). The van der Waals surface area contributed by atoms with Gasteiger partial charge in [0.25, 0.3) is 0 Å². The Bertz CT molecular complexity index is 6650. The molecule has 4 N–H and O–H groups in total. The highest BCUT2D eigenvalue weighted by Gasteiger charge is 2.26. The lowest BCUT2D eigenvalue weighted by Crippen LogP contribution is -2.31. The number of fused-ring (bicyclic) bond motifs is 5. The Balaban J connectivity index is 0.000000134. The summed E-state index contributed by atoms with van der Waals surface area (Å²) in [6.45, 7) is 21.3. The second kappa shape index (κ2) is 40.3. The van der Waals surface area contributed by atoms with E-state index in [2.05, 4.69) is 259 Å². The number of aryl methyl sites for hydroxylation is 8. The minimum absolute atomic E-state index is 0.0247. The van der Waals surface area contributed by atoms with Crippen LogP contribution in [0.5, 0.6) is 0 Å². The first-order valence-corrected chi connectivity index (χ1v) is 43.0. The van der Waals surface area contributed by atoms with E-state index in [1.807, 2.05) is 116 Å². The summed E-state index contributed by atoms with van der Waals surface area (Å²) >= 11 is 1.69. The fourth-order valence-corrected chi connectivity index (χ4v) is 17.6. The fourth-order valence-electron chi connectivity index (χ4n) is 16.6. The predicted molar refractivity (Wildman–Crippen MR) is 496 cm³/mol. The van der Waals surface area contributed by atoms with Crippen molar-refractivity contribution in [2.24, 2.45) is 0 Å². The second-order valence-electron chi connectivity index (χ2n) is 32.3. The number of benzene rings is 10. The Morgan fingerprint density at radius 3 is 0.984 bits per heavy atom. The number of imidazole rings is 4. The van der Waals surface area contributed by atoms with E-state index in [1.165, 1.54) is 65.9 Å². The maximum atomic E-state index is 9.11. The van der Waals surface area contributed by atoms with Gasteiger partial charge < -0.3 is 55.5 Å².